The number of aromatic nitrogens is 2. The predicted octanol–water partition coefficient (Wildman–Crippen LogP) is 2.90. The molecule has 1 saturated carbocycles. The number of carbonyl (C=O) groups excluding carboxylic acids is 1. The Morgan fingerprint density at radius 1 is 1.40 bits per heavy atom. The summed E-state index contributed by atoms with van der Waals surface area (Å²) >= 11 is 0. The van der Waals surface area contributed by atoms with Crippen LogP contribution in [0.1, 0.15) is 48.4 Å². The molecule has 132 valence electrons. The molecule has 0 bridgehead atoms. The van der Waals surface area contributed by atoms with E-state index in [0.717, 1.165) is 37.4 Å². The first kappa shape index (κ1) is 16.1. The van der Waals surface area contributed by atoms with E-state index in [1.807, 2.05) is 23.1 Å². The first-order valence-electron chi connectivity index (χ1n) is 8.88. The van der Waals surface area contributed by atoms with Gasteiger partial charge >= 0.3 is 0 Å². The summed E-state index contributed by atoms with van der Waals surface area (Å²) in [6.45, 7) is 3.32. The van der Waals surface area contributed by atoms with Gasteiger partial charge in [-0.05, 0) is 42.9 Å². The highest BCUT2D eigenvalue weighted by atomic mass is 16.5. The zero-order valence-corrected chi connectivity index (χ0v) is 14.6. The SMILES string of the molecule is COc1cccc([C@@H]2C[C@@H]2C(=O)N2CCC[C@@H](c3noc(C)n3)C2)c1. The second-order valence-corrected chi connectivity index (χ2v) is 7.02. The van der Waals surface area contributed by atoms with E-state index in [1.54, 1.807) is 14.0 Å². The van der Waals surface area contributed by atoms with Crippen LogP contribution in [-0.4, -0.2) is 41.1 Å². The van der Waals surface area contributed by atoms with Crippen molar-refractivity contribution in [2.75, 3.05) is 20.2 Å². The van der Waals surface area contributed by atoms with Gasteiger partial charge < -0.3 is 14.2 Å². The fourth-order valence-electron chi connectivity index (χ4n) is 3.81. The molecule has 25 heavy (non-hydrogen) atoms. The van der Waals surface area contributed by atoms with E-state index in [2.05, 4.69) is 16.2 Å². The lowest BCUT2D eigenvalue weighted by molar-refractivity contribution is -0.133. The Bertz CT molecular complexity index is 773. The molecular formula is C19H23N3O3. The maximum atomic E-state index is 12.9. The van der Waals surface area contributed by atoms with Crippen molar-refractivity contribution in [1.82, 2.24) is 15.0 Å². The van der Waals surface area contributed by atoms with E-state index in [9.17, 15) is 4.79 Å². The van der Waals surface area contributed by atoms with E-state index < -0.39 is 0 Å². The molecule has 0 radical (unpaired) electrons. The summed E-state index contributed by atoms with van der Waals surface area (Å²) < 4.78 is 10.4. The molecule has 1 aliphatic carbocycles. The van der Waals surface area contributed by atoms with Crippen LogP contribution in [-0.2, 0) is 4.79 Å². The Morgan fingerprint density at radius 2 is 2.28 bits per heavy atom. The van der Waals surface area contributed by atoms with Gasteiger partial charge in [0.05, 0.1) is 7.11 Å². The maximum Gasteiger partial charge on any atom is 0.226 e. The highest BCUT2D eigenvalue weighted by Crippen LogP contribution is 2.49. The minimum absolute atomic E-state index is 0.0952. The van der Waals surface area contributed by atoms with Crippen LogP contribution in [0.3, 0.4) is 0 Å². The normalized spacial score (nSPS) is 25.7. The number of hydrogen-bond acceptors (Lipinski definition) is 5. The first-order valence-corrected chi connectivity index (χ1v) is 8.88. The molecule has 0 unspecified atom stereocenters. The molecule has 1 aromatic carbocycles. The number of benzene rings is 1. The van der Waals surface area contributed by atoms with Crippen molar-refractivity contribution in [1.29, 1.82) is 0 Å². The van der Waals surface area contributed by atoms with Gasteiger partial charge in [-0.2, -0.15) is 4.98 Å². The van der Waals surface area contributed by atoms with Crippen LogP contribution in [0, 0.1) is 12.8 Å². The summed E-state index contributed by atoms with van der Waals surface area (Å²) in [6.07, 6.45) is 2.92. The highest BCUT2D eigenvalue weighted by molar-refractivity contribution is 5.83. The predicted molar refractivity (Wildman–Crippen MR) is 91.4 cm³/mol. The molecule has 2 aliphatic rings. The molecule has 4 rings (SSSR count). The van der Waals surface area contributed by atoms with Crippen LogP contribution < -0.4 is 4.74 Å². The lowest BCUT2D eigenvalue weighted by Gasteiger charge is -2.31. The van der Waals surface area contributed by atoms with Crippen LogP contribution >= 0.6 is 0 Å². The quantitative estimate of drug-likeness (QED) is 0.855. The minimum atomic E-state index is 0.0952. The van der Waals surface area contributed by atoms with E-state index >= 15 is 0 Å². The topological polar surface area (TPSA) is 68.5 Å². The lowest BCUT2D eigenvalue weighted by atomic mass is 9.96. The van der Waals surface area contributed by atoms with Gasteiger partial charge in [-0.25, -0.2) is 0 Å². The smallest absolute Gasteiger partial charge is 0.226 e. The molecule has 2 aromatic rings. The Balaban J connectivity index is 1.41. The van der Waals surface area contributed by atoms with Crippen LogP contribution in [0.15, 0.2) is 28.8 Å². The van der Waals surface area contributed by atoms with Crippen LogP contribution in [0.4, 0.5) is 0 Å². The van der Waals surface area contributed by atoms with Crippen LogP contribution in [0.5, 0.6) is 5.75 Å². The molecule has 1 saturated heterocycles. The molecule has 6 nitrogen and oxygen atoms in total. The number of hydrogen-bond donors (Lipinski definition) is 0. The van der Waals surface area contributed by atoms with Crippen molar-refractivity contribution < 1.29 is 14.1 Å². The van der Waals surface area contributed by atoms with Gasteiger partial charge in [0.1, 0.15) is 5.75 Å². The Labute approximate surface area is 147 Å². The zero-order chi connectivity index (χ0) is 17.4. The molecule has 3 atom stereocenters. The molecule has 0 N–H and O–H groups in total. The van der Waals surface area contributed by atoms with Crippen molar-refractivity contribution in [3.05, 3.63) is 41.5 Å². The average molecular weight is 341 g/mol. The molecule has 6 heteroatoms. The maximum absolute atomic E-state index is 12.9. The number of aryl methyl sites for hydroxylation is 1. The van der Waals surface area contributed by atoms with E-state index in [0.29, 0.717) is 18.4 Å². The minimum Gasteiger partial charge on any atom is -0.497 e. The number of piperidine rings is 1. The first-order chi connectivity index (χ1) is 12.2. The van der Waals surface area contributed by atoms with Gasteiger partial charge in [0.25, 0.3) is 0 Å². The number of methoxy groups -OCH3 is 1. The number of nitrogens with zero attached hydrogens (tertiary/aromatic N) is 3. The highest BCUT2D eigenvalue weighted by Gasteiger charge is 2.46. The summed E-state index contributed by atoms with van der Waals surface area (Å²) in [5, 5.41) is 4.04. The third-order valence-electron chi connectivity index (χ3n) is 5.27. The van der Waals surface area contributed by atoms with Gasteiger partial charge in [-0.15, -0.1) is 0 Å². The van der Waals surface area contributed by atoms with E-state index in [4.69, 9.17) is 9.26 Å². The number of amides is 1. The standard InChI is InChI=1S/C19H23N3O3/c1-12-20-18(21-25-12)14-6-4-8-22(11-14)19(23)17-10-16(17)13-5-3-7-15(9-13)24-2/h3,5,7,9,14,16-17H,4,6,8,10-11H2,1-2H3/t14-,16+,17+/m1/s1. The summed E-state index contributed by atoms with van der Waals surface area (Å²) in [4.78, 5) is 19.2. The van der Waals surface area contributed by atoms with E-state index in [-0.39, 0.29) is 17.7 Å². The Hall–Kier alpha value is -2.37. The number of rotatable bonds is 4. The summed E-state index contributed by atoms with van der Waals surface area (Å²) in [6, 6.07) is 8.05. The van der Waals surface area contributed by atoms with Crippen molar-refractivity contribution in [2.45, 2.75) is 38.0 Å². The van der Waals surface area contributed by atoms with Crippen molar-refractivity contribution in [3.8, 4) is 5.75 Å². The van der Waals surface area contributed by atoms with Gasteiger partial charge in [-0.1, -0.05) is 17.3 Å². The molecule has 0 spiro atoms. The number of carbonyl (C=O) groups is 1. The second-order valence-electron chi connectivity index (χ2n) is 7.02. The molecule has 1 aromatic heterocycles. The van der Waals surface area contributed by atoms with Crippen molar-refractivity contribution in [2.24, 2.45) is 5.92 Å². The molecular weight excluding hydrogens is 318 g/mol. The van der Waals surface area contributed by atoms with Crippen LogP contribution in [0.25, 0.3) is 0 Å². The Kier molecular flexibility index (Phi) is 4.19. The third kappa shape index (κ3) is 3.25. The molecule has 2 fully saturated rings. The third-order valence-corrected chi connectivity index (χ3v) is 5.27. The second kappa shape index (κ2) is 6.50. The van der Waals surface area contributed by atoms with Gasteiger partial charge in [0, 0.05) is 31.8 Å². The molecule has 2 heterocycles. The fourth-order valence-corrected chi connectivity index (χ4v) is 3.81. The largest absolute Gasteiger partial charge is 0.497 e. The fraction of sp³-hybridized carbons (Fsp3) is 0.526. The van der Waals surface area contributed by atoms with Gasteiger partial charge in [0.15, 0.2) is 5.82 Å². The monoisotopic (exact) mass is 341 g/mol. The zero-order valence-electron chi connectivity index (χ0n) is 14.6. The van der Waals surface area contributed by atoms with Gasteiger partial charge in [-0.3, -0.25) is 4.79 Å². The number of likely N-dealkylation sites (tertiary alicyclic amines) is 1. The summed E-state index contributed by atoms with van der Waals surface area (Å²) in [7, 11) is 1.67. The van der Waals surface area contributed by atoms with Crippen molar-refractivity contribution in [3.63, 3.8) is 0 Å². The number of ether oxygens (including phenoxy) is 1. The summed E-state index contributed by atoms with van der Waals surface area (Å²) in [5.41, 5.74) is 1.19. The van der Waals surface area contributed by atoms with Crippen LogP contribution in [0.2, 0.25) is 0 Å². The van der Waals surface area contributed by atoms with Crippen molar-refractivity contribution >= 4 is 5.91 Å². The summed E-state index contributed by atoms with van der Waals surface area (Å²) in [5.74, 6) is 3.02. The van der Waals surface area contributed by atoms with Gasteiger partial charge in [0.2, 0.25) is 11.8 Å². The Morgan fingerprint density at radius 3 is 3.04 bits per heavy atom. The average Bonchev–Trinajstić information content (AvgIpc) is 3.34. The van der Waals surface area contributed by atoms with E-state index in [1.165, 1.54) is 5.56 Å². The lowest BCUT2D eigenvalue weighted by Crippen LogP contribution is -2.40. The molecule has 1 aliphatic heterocycles. The molecule has 1 amide bonds.